The van der Waals surface area contributed by atoms with Crippen molar-refractivity contribution >= 4 is 5.97 Å². The molecule has 0 saturated carbocycles. The van der Waals surface area contributed by atoms with Gasteiger partial charge < -0.3 is 15.2 Å². The van der Waals surface area contributed by atoms with Crippen LogP contribution in [0.2, 0.25) is 0 Å². The Bertz CT molecular complexity index is 496. The molecule has 0 spiro atoms. The van der Waals surface area contributed by atoms with Crippen LogP contribution in [0.4, 0.5) is 0 Å². The summed E-state index contributed by atoms with van der Waals surface area (Å²) in [5, 5.41) is 0. The Morgan fingerprint density at radius 1 is 1.47 bits per heavy atom. The highest BCUT2D eigenvalue weighted by molar-refractivity contribution is 5.83. The Morgan fingerprint density at radius 2 is 2.24 bits per heavy atom. The molecule has 0 bridgehead atoms. The van der Waals surface area contributed by atoms with Gasteiger partial charge in [-0.2, -0.15) is 0 Å². The number of rotatable bonds is 2. The SMILES string of the molecule is CCOc1cc2c(c3c1CC(N)C3)OC(=O)C2. The van der Waals surface area contributed by atoms with Crippen LogP contribution in [0.5, 0.6) is 11.5 Å². The lowest BCUT2D eigenvalue weighted by Gasteiger charge is -2.12. The van der Waals surface area contributed by atoms with E-state index in [-0.39, 0.29) is 12.0 Å². The molecule has 0 amide bonds. The molecule has 1 aliphatic heterocycles. The van der Waals surface area contributed by atoms with Gasteiger partial charge in [0.2, 0.25) is 0 Å². The number of benzene rings is 1. The van der Waals surface area contributed by atoms with E-state index in [1.54, 1.807) is 0 Å². The molecule has 0 fully saturated rings. The lowest BCUT2D eigenvalue weighted by atomic mass is 10.0. The fourth-order valence-corrected chi connectivity index (χ4v) is 2.67. The van der Waals surface area contributed by atoms with Crippen molar-refractivity contribution in [1.29, 1.82) is 0 Å². The predicted molar refractivity (Wildman–Crippen MR) is 62.3 cm³/mol. The second kappa shape index (κ2) is 3.74. The van der Waals surface area contributed by atoms with E-state index in [2.05, 4.69) is 0 Å². The Balaban J connectivity index is 2.13. The first-order valence-electron chi connectivity index (χ1n) is 5.95. The second-order valence-corrected chi connectivity index (χ2v) is 4.57. The highest BCUT2D eigenvalue weighted by Crippen LogP contribution is 2.42. The third kappa shape index (κ3) is 1.60. The van der Waals surface area contributed by atoms with Gasteiger partial charge in [-0.3, -0.25) is 4.79 Å². The minimum Gasteiger partial charge on any atom is -0.494 e. The molecular formula is C13H15NO3. The summed E-state index contributed by atoms with van der Waals surface area (Å²) in [4.78, 5) is 11.4. The summed E-state index contributed by atoms with van der Waals surface area (Å²) >= 11 is 0. The van der Waals surface area contributed by atoms with Gasteiger partial charge in [-0.15, -0.1) is 0 Å². The molecule has 1 unspecified atom stereocenters. The molecule has 2 N–H and O–H groups in total. The van der Waals surface area contributed by atoms with Crippen LogP contribution in [0.15, 0.2) is 6.07 Å². The average molecular weight is 233 g/mol. The summed E-state index contributed by atoms with van der Waals surface area (Å²) < 4.78 is 10.9. The van der Waals surface area contributed by atoms with Crippen molar-refractivity contribution in [2.75, 3.05) is 6.61 Å². The van der Waals surface area contributed by atoms with Gasteiger partial charge >= 0.3 is 5.97 Å². The third-order valence-electron chi connectivity index (χ3n) is 3.32. The van der Waals surface area contributed by atoms with E-state index >= 15 is 0 Å². The lowest BCUT2D eigenvalue weighted by Crippen LogP contribution is -2.19. The fourth-order valence-electron chi connectivity index (χ4n) is 2.67. The van der Waals surface area contributed by atoms with Gasteiger partial charge in [0, 0.05) is 22.7 Å². The molecule has 1 heterocycles. The van der Waals surface area contributed by atoms with Gasteiger partial charge in [-0.05, 0) is 25.8 Å². The molecule has 4 nitrogen and oxygen atoms in total. The topological polar surface area (TPSA) is 61.6 Å². The second-order valence-electron chi connectivity index (χ2n) is 4.57. The molecule has 4 heteroatoms. The van der Waals surface area contributed by atoms with E-state index in [1.165, 1.54) is 0 Å². The maximum Gasteiger partial charge on any atom is 0.315 e. The number of carbonyl (C=O) groups is 1. The van der Waals surface area contributed by atoms with Crippen LogP contribution in [0, 0.1) is 0 Å². The van der Waals surface area contributed by atoms with Crippen molar-refractivity contribution in [3.8, 4) is 11.5 Å². The Labute approximate surface area is 99.7 Å². The number of ether oxygens (including phenoxy) is 2. The van der Waals surface area contributed by atoms with Crippen molar-refractivity contribution in [3.63, 3.8) is 0 Å². The quantitative estimate of drug-likeness (QED) is 0.611. The molecular weight excluding hydrogens is 218 g/mol. The molecule has 1 aromatic carbocycles. The van der Waals surface area contributed by atoms with Gasteiger partial charge in [-0.25, -0.2) is 0 Å². The van der Waals surface area contributed by atoms with Crippen molar-refractivity contribution in [2.24, 2.45) is 5.73 Å². The molecule has 1 aromatic rings. The smallest absolute Gasteiger partial charge is 0.315 e. The highest BCUT2D eigenvalue weighted by Gasteiger charge is 2.32. The number of nitrogens with two attached hydrogens (primary N) is 1. The largest absolute Gasteiger partial charge is 0.494 e. The van der Waals surface area contributed by atoms with Crippen molar-refractivity contribution < 1.29 is 14.3 Å². The first kappa shape index (κ1) is 10.6. The van der Waals surface area contributed by atoms with E-state index in [0.29, 0.717) is 13.0 Å². The van der Waals surface area contributed by atoms with Crippen molar-refractivity contribution in [1.82, 2.24) is 0 Å². The van der Waals surface area contributed by atoms with Crippen LogP contribution >= 0.6 is 0 Å². The van der Waals surface area contributed by atoms with Gasteiger partial charge in [0.1, 0.15) is 11.5 Å². The summed E-state index contributed by atoms with van der Waals surface area (Å²) in [5.41, 5.74) is 9.11. The minimum atomic E-state index is -0.184. The van der Waals surface area contributed by atoms with E-state index < -0.39 is 0 Å². The Morgan fingerprint density at radius 3 is 3.00 bits per heavy atom. The molecule has 1 aliphatic carbocycles. The average Bonchev–Trinajstić information content (AvgIpc) is 2.81. The monoisotopic (exact) mass is 233 g/mol. The van der Waals surface area contributed by atoms with Gasteiger partial charge in [0.15, 0.2) is 0 Å². The maximum absolute atomic E-state index is 11.4. The standard InChI is InChI=1S/C13H15NO3/c1-2-16-11-3-7-4-12(15)17-13(7)10-6-8(14)5-9(10)11/h3,8H,2,4-6,14H2,1H3. The van der Waals surface area contributed by atoms with Gasteiger partial charge in [0.25, 0.3) is 0 Å². The number of fused-ring (bicyclic) bond motifs is 3. The lowest BCUT2D eigenvalue weighted by molar-refractivity contribution is -0.131. The van der Waals surface area contributed by atoms with E-state index in [1.807, 2.05) is 13.0 Å². The predicted octanol–water partition coefficient (Wildman–Crippen LogP) is 0.973. The molecule has 3 rings (SSSR count). The summed E-state index contributed by atoms with van der Waals surface area (Å²) in [6.45, 7) is 2.57. The third-order valence-corrected chi connectivity index (χ3v) is 3.32. The van der Waals surface area contributed by atoms with Crippen LogP contribution < -0.4 is 15.2 Å². The first-order valence-corrected chi connectivity index (χ1v) is 5.95. The zero-order valence-electron chi connectivity index (χ0n) is 9.79. The highest BCUT2D eigenvalue weighted by atomic mass is 16.5. The van der Waals surface area contributed by atoms with Crippen molar-refractivity contribution in [3.05, 3.63) is 22.8 Å². The number of esters is 1. The zero-order valence-corrected chi connectivity index (χ0v) is 9.79. The molecule has 1 atom stereocenters. The molecule has 2 aliphatic rings. The maximum atomic E-state index is 11.4. The molecule has 0 aromatic heterocycles. The number of hydrogen-bond donors (Lipinski definition) is 1. The summed E-state index contributed by atoms with van der Waals surface area (Å²) in [6, 6.07) is 2.04. The number of carbonyl (C=O) groups excluding carboxylic acids is 1. The van der Waals surface area contributed by atoms with Gasteiger partial charge in [0.05, 0.1) is 13.0 Å². The van der Waals surface area contributed by atoms with E-state index in [9.17, 15) is 4.79 Å². The van der Waals surface area contributed by atoms with Gasteiger partial charge in [-0.1, -0.05) is 0 Å². The summed E-state index contributed by atoms with van der Waals surface area (Å²) in [6.07, 6.45) is 1.92. The van der Waals surface area contributed by atoms with Crippen LogP contribution in [-0.2, 0) is 24.1 Å². The van der Waals surface area contributed by atoms with E-state index in [4.69, 9.17) is 15.2 Å². The van der Waals surface area contributed by atoms with Crippen LogP contribution in [0.1, 0.15) is 23.6 Å². The normalized spacial score (nSPS) is 21.1. The zero-order chi connectivity index (χ0) is 12.0. The summed E-state index contributed by atoms with van der Waals surface area (Å²) in [7, 11) is 0. The Kier molecular flexibility index (Phi) is 2.33. The van der Waals surface area contributed by atoms with Crippen LogP contribution in [0.3, 0.4) is 0 Å². The molecule has 0 radical (unpaired) electrons. The number of hydrogen-bond acceptors (Lipinski definition) is 4. The summed E-state index contributed by atoms with van der Waals surface area (Å²) in [5.74, 6) is 1.42. The van der Waals surface area contributed by atoms with Crippen LogP contribution in [0.25, 0.3) is 0 Å². The molecule has 17 heavy (non-hydrogen) atoms. The molecule has 0 saturated heterocycles. The van der Waals surface area contributed by atoms with Crippen molar-refractivity contribution in [2.45, 2.75) is 32.2 Å². The first-order chi connectivity index (χ1) is 8.19. The molecule has 90 valence electrons. The van der Waals surface area contributed by atoms with Crippen LogP contribution in [-0.4, -0.2) is 18.6 Å². The van der Waals surface area contributed by atoms with E-state index in [0.717, 1.165) is 41.0 Å². The fraction of sp³-hybridized carbons (Fsp3) is 0.462. The minimum absolute atomic E-state index is 0.106. The Hall–Kier alpha value is -1.55.